The Kier molecular flexibility index (Phi) is 5.10. The van der Waals surface area contributed by atoms with E-state index >= 15 is 0 Å². The van der Waals surface area contributed by atoms with E-state index in [2.05, 4.69) is 30.5 Å². The molecule has 6 rings (SSSR count). The van der Waals surface area contributed by atoms with E-state index in [1.165, 1.54) is 0 Å². The van der Waals surface area contributed by atoms with Gasteiger partial charge in [-0.25, -0.2) is 14.6 Å². The highest BCUT2D eigenvalue weighted by Crippen LogP contribution is 2.31. The van der Waals surface area contributed by atoms with Crippen LogP contribution in [0, 0.1) is 6.92 Å². The molecule has 0 unspecified atom stereocenters. The normalized spacial score (nSPS) is 13.6. The molecular weight excluding hydrogens is 456 g/mol. The zero-order chi connectivity index (χ0) is 24.8. The molecule has 5 aromatic heterocycles. The van der Waals surface area contributed by atoms with Gasteiger partial charge in [0.15, 0.2) is 5.82 Å². The summed E-state index contributed by atoms with van der Waals surface area (Å²) in [6.45, 7) is 2.92. The highest BCUT2D eigenvalue weighted by molar-refractivity contribution is 5.95. The van der Waals surface area contributed by atoms with Crippen LogP contribution in [0.4, 0.5) is 17.5 Å². The first kappa shape index (κ1) is 21.7. The molecule has 0 spiro atoms. The van der Waals surface area contributed by atoms with Gasteiger partial charge >= 0.3 is 0 Å². The maximum atomic E-state index is 12.2. The minimum atomic E-state index is 0.0455. The number of rotatable bonds is 4. The molecule has 0 bridgehead atoms. The third-order valence-corrected chi connectivity index (χ3v) is 6.49. The van der Waals surface area contributed by atoms with Gasteiger partial charge in [0.05, 0.1) is 17.6 Å². The molecule has 0 saturated carbocycles. The van der Waals surface area contributed by atoms with Gasteiger partial charge in [-0.15, -0.1) is 0 Å². The molecule has 0 aromatic carbocycles. The lowest BCUT2D eigenvalue weighted by Crippen LogP contribution is -2.29. The number of nitrogens with two attached hydrogens (primary N) is 1. The highest BCUT2D eigenvalue weighted by atomic mass is 16.2. The summed E-state index contributed by atoms with van der Waals surface area (Å²) in [5.41, 5.74) is 10.8. The van der Waals surface area contributed by atoms with E-state index in [9.17, 15) is 4.79 Å². The molecular formula is C25H24N10O. The van der Waals surface area contributed by atoms with E-state index in [-0.39, 0.29) is 12.5 Å². The van der Waals surface area contributed by atoms with E-state index in [1.807, 2.05) is 44.4 Å². The smallest absolute Gasteiger partial charge is 0.244 e. The summed E-state index contributed by atoms with van der Waals surface area (Å²) < 4.78 is 3.53. The third kappa shape index (κ3) is 3.80. The zero-order valence-electron chi connectivity index (χ0n) is 19.9. The van der Waals surface area contributed by atoms with Crippen LogP contribution >= 0.6 is 0 Å². The molecule has 3 N–H and O–H groups in total. The van der Waals surface area contributed by atoms with E-state index in [0.717, 1.165) is 39.7 Å². The van der Waals surface area contributed by atoms with Crippen molar-refractivity contribution in [3.63, 3.8) is 0 Å². The molecule has 0 atom stereocenters. The first-order chi connectivity index (χ1) is 17.5. The number of aromatic nitrogens is 7. The number of nitrogen functional groups attached to an aromatic ring is 1. The molecule has 1 aliphatic rings. The van der Waals surface area contributed by atoms with Crippen LogP contribution in [0.25, 0.3) is 27.7 Å². The fourth-order valence-corrected chi connectivity index (χ4v) is 4.44. The van der Waals surface area contributed by atoms with Crippen molar-refractivity contribution in [2.75, 3.05) is 24.6 Å². The first-order valence-corrected chi connectivity index (χ1v) is 11.6. The zero-order valence-corrected chi connectivity index (χ0v) is 19.9. The van der Waals surface area contributed by atoms with Crippen LogP contribution in [0.2, 0.25) is 0 Å². The van der Waals surface area contributed by atoms with Crippen molar-refractivity contribution in [3.05, 3.63) is 66.5 Å². The van der Waals surface area contributed by atoms with E-state index in [4.69, 9.17) is 5.73 Å². The fourth-order valence-electron chi connectivity index (χ4n) is 4.44. The number of carbonyl (C=O) groups excluding carboxylic acids is 1. The van der Waals surface area contributed by atoms with Gasteiger partial charge in [-0.05, 0) is 36.1 Å². The number of fused-ring (bicyclic) bond motifs is 2. The molecule has 0 aliphatic carbocycles. The minimum Gasteiger partial charge on any atom is -0.383 e. The Labute approximate surface area is 206 Å². The van der Waals surface area contributed by atoms with Crippen molar-refractivity contribution < 1.29 is 4.79 Å². The van der Waals surface area contributed by atoms with Crippen LogP contribution < -0.4 is 11.1 Å². The van der Waals surface area contributed by atoms with Crippen LogP contribution in [0.5, 0.6) is 0 Å². The van der Waals surface area contributed by atoms with Crippen molar-refractivity contribution in [1.82, 2.24) is 39.4 Å². The Morgan fingerprint density at radius 3 is 2.83 bits per heavy atom. The van der Waals surface area contributed by atoms with Gasteiger partial charge in [0.2, 0.25) is 5.91 Å². The molecule has 0 radical (unpaired) electrons. The lowest BCUT2D eigenvalue weighted by Gasteiger charge is -2.13. The molecule has 5 aromatic rings. The molecule has 0 saturated heterocycles. The Balaban J connectivity index is 1.34. The summed E-state index contributed by atoms with van der Waals surface area (Å²) in [5, 5.41) is 13.8. The number of hydrogen-bond acceptors (Lipinski definition) is 8. The number of anilines is 3. The van der Waals surface area contributed by atoms with Crippen molar-refractivity contribution >= 4 is 34.1 Å². The second kappa shape index (κ2) is 8.45. The predicted octanol–water partition coefficient (Wildman–Crippen LogP) is 2.72. The number of likely N-dealkylation sites (N-methyl/N-ethyl adjacent to an activating group) is 1. The number of nitrogens with zero attached hydrogens (tertiary/aromatic N) is 8. The van der Waals surface area contributed by atoms with E-state index in [0.29, 0.717) is 29.7 Å². The van der Waals surface area contributed by atoms with Gasteiger partial charge in [0, 0.05) is 67.5 Å². The van der Waals surface area contributed by atoms with Gasteiger partial charge in [-0.1, -0.05) is 0 Å². The molecule has 1 aliphatic heterocycles. The Bertz CT molecular complexity index is 1610. The molecule has 11 heteroatoms. The van der Waals surface area contributed by atoms with Crippen molar-refractivity contribution in [2.24, 2.45) is 0 Å². The van der Waals surface area contributed by atoms with Gasteiger partial charge in [0.1, 0.15) is 18.2 Å². The fraction of sp³-hybridized carbons (Fsp3) is 0.200. The molecule has 6 heterocycles. The summed E-state index contributed by atoms with van der Waals surface area (Å²) in [6, 6.07) is 7.72. The van der Waals surface area contributed by atoms with Crippen LogP contribution in [0.3, 0.4) is 0 Å². The van der Waals surface area contributed by atoms with Gasteiger partial charge in [0.25, 0.3) is 0 Å². The summed E-state index contributed by atoms with van der Waals surface area (Å²) >= 11 is 0. The number of carbonyl (C=O) groups is 1. The molecule has 1 amide bonds. The highest BCUT2D eigenvalue weighted by Gasteiger charge is 2.19. The van der Waals surface area contributed by atoms with Crippen LogP contribution in [0.15, 0.2) is 55.2 Å². The quantitative estimate of drug-likeness (QED) is 0.401. The average Bonchev–Trinajstić information content (AvgIpc) is 3.50. The molecule has 180 valence electrons. The van der Waals surface area contributed by atoms with E-state index in [1.54, 1.807) is 39.1 Å². The maximum absolute atomic E-state index is 12.2. The van der Waals surface area contributed by atoms with Crippen LogP contribution in [-0.4, -0.2) is 58.9 Å². The Morgan fingerprint density at radius 2 is 2.00 bits per heavy atom. The average molecular weight is 481 g/mol. The predicted molar refractivity (Wildman–Crippen MR) is 136 cm³/mol. The molecule has 36 heavy (non-hydrogen) atoms. The van der Waals surface area contributed by atoms with Crippen molar-refractivity contribution in [3.8, 4) is 16.9 Å². The summed E-state index contributed by atoms with van der Waals surface area (Å²) in [6.07, 6.45) is 9.62. The summed E-state index contributed by atoms with van der Waals surface area (Å²) in [4.78, 5) is 27.5. The topological polar surface area (TPSA) is 133 Å². The molecule has 11 nitrogen and oxygen atoms in total. The van der Waals surface area contributed by atoms with Crippen LogP contribution in [0.1, 0.15) is 11.3 Å². The van der Waals surface area contributed by atoms with Crippen molar-refractivity contribution in [2.45, 2.75) is 19.9 Å². The van der Waals surface area contributed by atoms with Crippen LogP contribution in [-0.2, 0) is 17.8 Å². The minimum absolute atomic E-state index is 0.0455. The monoisotopic (exact) mass is 480 g/mol. The SMILES string of the molecule is Cc1c(-c2cc3cc(Nc4cc5n(n4)CC(=O)N(C)CC5)ncc3c(N)n2)cncc1-n1cccn1. The number of hydrogen-bond donors (Lipinski definition) is 2. The maximum Gasteiger partial charge on any atom is 0.244 e. The molecule has 0 fully saturated rings. The standard InChI is InChI=1S/C25H24N10O/c1-15-18(11-27-13-21(15)34-6-3-5-29-34)20-8-16-9-22(28-12-19(16)25(26)30-20)31-23-10-17-4-7-33(2)24(36)14-35(17)32-23/h3,5-6,8-13H,4,7,14H2,1-2H3,(H2,26,30)(H,28,31,32). The summed E-state index contributed by atoms with van der Waals surface area (Å²) in [7, 11) is 1.81. The second-order valence-corrected chi connectivity index (χ2v) is 8.83. The van der Waals surface area contributed by atoms with Gasteiger partial charge in [-0.2, -0.15) is 10.2 Å². The van der Waals surface area contributed by atoms with Crippen molar-refractivity contribution in [1.29, 1.82) is 0 Å². The van der Waals surface area contributed by atoms with Gasteiger partial charge < -0.3 is 16.0 Å². The Hall–Kier alpha value is -4.80. The lowest BCUT2D eigenvalue weighted by atomic mass is 10.0. The number of amides is 1. The number of pyridine rings is 3. The largest absolute Gasteiger partial charge is 0.383 e. The van der Waals surface area contributed by atoms with E-state index < -0.39 is 0 Å². The summed E-state index contributed by atoms with van der Waals surface area (Å²) in [5.74, 6) is 1.70. The Morgan fingerprint density at radius 1 is 1.11 bits per heavy atom. The second-order valence-electron chi connectivity index (χ2n) is 8.83. The van der Waals surface area contributed by atoms with Gasteiger partial charge in [-0.3, -0.25) is 14.5 Å². The lowest BCUT2D eigenvalue weighted by molar-refractivity contribution is -0.130. The first-order valence-electron chi connectivity index (χ1n) is 11.6. The third-order valence-electron chi connectivity index (χ3n) is 6.49. The number of nitrogens with one attached hydrogen (secondary N) is 1.